The van der Waals surface area contributed by atoms with Gasteiger partial charge in [-0.15, -0.1) is 22.9 Å². The molecule has 13 heavy (non-hydrogen) atoms. The Morgan fingerprint density at radius 3 is 2.69 bits per heavy atom. The van der Waals surface area contributed by atoms with Crippen LogP contribution in [0.4, 0.5) is 0 Å². The molecule has 0 aromatic carbocycles. The lowest BCUT2D eigenvalue weighted by atomic mass is 10.3. The third-order valence-corrected chi connectivity index (χ3v) is 3.11. The van der Waals surface area contributed by atoms with Crippen LogP contribution in [-0.2, 0) is 5.88 Å². The minimum absolute atomic E-state index is 0.531. The fourth-order valence-electron chi connectivity index (χ4n) is 0.997. The van der Waals surface area contributed by atoms with Crippen LogP contribution in [0.3, 0.4) is 0 Å². The van der Waals surface area contributed by atoms with Crippen molar-refractivity contribution >= 4 is 22.9 Å². The molecule has 0 fully saturated rings. The summed E-state index contributed by atoms with van der Waals surface area (Å²) in [4.78, 5) is 9.30. The quantitative estimate of drug-likeness (QED) is 0.713. The van der Waals surface area contributed by atoms with E-state index in [1.54, 1.807) is 23.7 Å². The lowest BCUT2D eigenvalue weighted by molar-refractivity contribution is 1.31. The summed E-state index contributed by atoms with van der Waals surface area (Å²) in [5.41, 5.74) is 1.09. The van der Waals surface area contributed by atoms with Crippen LogP contribution in [0.1, 0.15) is 4.88 Å². The summed E-state index contributed by atoms with van der Waals surface area (Å²) < 4.78 is 0. The zero-order valence-corrected chi connectivity index (χ0v) is 8.35. The summed E-state index contributed by atoms with van der Waals surface area (Å²) in [5.74, 6) is 0.531. The van der Waals surface area contributed by atoms with Crippen LogP contribution >= 0.6 is 22.9 Å². The van der Waals surface area contributed by atoms with E-state index in [9.17, 15) is 0 Å². The molecule has 0 saturated carbocycles. The third-order valence-electron chi connectivity index (χ3n) is 1.61. The van der Waals surface area contributed by atoms with Crippen molar-refractivity contribution in [3.8, 4) is 10.6 Å². The predicted octanol–water partition coefficient (Wildman–Crippen LogP) is 2.94. The Bertz CT molecular complexity index is 386. The van der Waals surface area contributed by atoms with E-state index >= 15 is 0 Å². The first-order valence-electron chi connectivity index (χ1n) is 3.81. The second-order valence-corrected chi connectivity index (χ2v) is 3.88. The van der Waals surface area contributed by atoms with E-state index in [2.05, 4.69) is 9.97 Å². The first-order chi connectivity index (χ1) is 6.40. The Hall–Kier alpha value is -0.930. The van der Waals surface area contributed by atoms with Crippen LogP contribution in [0.2, 0.25) is 0 Å². The van der Waals surface area contributed by atoms with E-state index in [1.807, 2.05) is 18.3 Å². The van der Waals surface area contributed by atoms with Crippen LogP contribution in [0.5, 0.6) is 0 Å². The molecular formula is C9H7ClN2S. The number of thiazole rings is 1. The van der Waals surface area contributed by atoms with Crippen LogP contribution < -0.4 is 0 Å². The van der Waals surface area contributed by atoms with Crippen molar-refractivity contribution in [2.75, 3.05) is 0 Å². The standard InChI is InChI=1S/C9H7ClN2S/c10-5-8-6-12-9(13-8)7-1-3-11-4-2-7/h1-4,6H,5H2. The molecule has 2 heterocycles. The zero-order valence-electron chi connectivity index (χ0n) is 6.77. The van der Waals surface area contributed by atoms with Crippen molar-refractivity contribution in [3.63, 3.8) is 0 Å². The SMILES string of the molecule is ClCc1cnc(-c2ccncc2)s1. The highest BCUT2D eigenvalue weighted by atomic mass is 35.5. The highest BCUT2D eigenvalue weighted by Gasteiger charge is 2.02. The summed E-state index contributed by atoms with van der Waals surface area (Å²) in [6.45, 7) is 0. The highest BCUT2D eigenvalue weighted by Crippen LogP contribution is 2.24. The predicted molar refractivity (Wildman–Crippen MR) is 54.9 cm³/mol. The Morgan fingerprint density at radius 2 is 2.08 bits per heavy atom. The van der Waals surface area contributed by atoms with Crippen molar-refractivity contribution in [1.29, 1.82) is 0 Å². The van der Waals surface area contributed by atoms with E-state index in [0.29, 0.717) is 5.88 Å². The molecule has 2 aromatic heterocycles. The molecule has 0 N–H and O–H groups in total. The van der Waals surface area contributed by atoms with Crippen molar-refractivity contribution < 1.29 is 0 Å². The van der Waals surface area contributed by atoms with Gasteiger partial charge in [0.2, 0.25) is 0 Å². The van der Waals surface area contributed by atoms with E-state index in [0.717, 1.165) is 15.4 Å². The van der Waals surface area contributed by atoms with Gasteiger partial charge in [0.15, 0.2) is 0 Å². The number of hydrogen-bond acceptors (Lipinski definition) is 3. The second kappa shape index (κ2) is 3.85. The van der Waals surface area contributed by atoms with Gasteiger partial charge in [0.1, 0.15) is 5.01 Å². The fourth-order valence-corrected chi connectivity index (χ4v) is 2.00. The molecular weight excluding hydrogens is 204 g/mol. The van der Waals surface area contributed by atoms with E-state index < -0.39 is 0 Å². The molecule has 0 spiro atoms. The maximum atomic E-state index is 5.69. The summed E-state index contributed by atoms with van der Waals surface area (Å²) in [6, 6.07) is 3.88. The van der Waals surface area contributed by atoms with Gasteiger partial charge in [0.25, 0.3) is 0 Å². The van der Waals surface area contributed by atoms with Gasteiger partial charge >= 0.3 is 0 Å². The molecule has 4 heteroatoms. The molecule has 0 bridgehead atoms. The molecule has 66 valence electrons. The molecule has 2 nitrogen and oxygen atoms in total. The van der Waals surface area contributed by atoms with Gasteiger partial charge in [-0.2, -0.15) is 0 Å². The topological polar surface area (TPSA) is 25.8 Å². The number of hydrogen-bond donors (Lipinski definition) is 0. The number of halogens is 1. The largest absolute Gasteiger partial charge is 0.265 e. The Kier molecular flexibility index (Phi) is 2.57. The highest BCUT2D eigenvalue weighted by molar-refractivity contribution is 7.15. The van der Waals surface area contributed by atoms with Gasteiger partial charge in [0, 0.05) is 29.0 Å². The van der Waals surface area contributed by atoms with Gasteiger partial charge in [0.05, 0.1) is 5.88 Å². The van der Waals surface area contributed by atoms with Crippen molar-refractivity contribution in [1.82, 2.24) is 9.97 Å². The van der Waals surface area contributed by atoms with Crippen molar-refractivity contribution in [2.24, 2.45) is 0 Å². The molecule has 2 aromatic rings. The Labute approximate surface area is 85.2 Å². The van der Waals surface area contributed by atoms with Gasteiger partial charge in [-0.3, -0.25) is 4.98 Å². The molecule has 0 aliphatic heterocycles. The number of alkyl halides is 1. The Morgan fingerprint density at radius 1 is 1.31 bits per heavy atom. The molecule has 0 radical (unpaired) electrons. The van der Waals surface area contributed by atoms with E-state index in [4.69, 9.17) is 11.6 Å². The van der Waals surface area contributed by atoms with Crippen LogP contribution in [0.15, 0.2) is 30.7 Å². The molecule has 0 amide bonds. The van der Waals surface area contributed by atoms with Gasteiger partial charge in [-0.25, -0.2) is 4.98 Å². The van der Waals surface area contributed by atoms with Crippen molar-refractivity contribution in [3.05, 3.63) is 35.6 Å². The van der Waals surface area contributed by atoms with E-state index in [-0.39, 0.29) is 0 Å². The maximum absolute atomic E-state index is 5.69. The zero-order chi connectivity index (χ0) is 9.10. The fraction of sp³-hybridized carbons (Fsp3) is 0.111. The third kappa shape index (κ3) is 1.87. The summed E-state index contributed by atoms with van der Waals surface area (Å²) >= 11 is 7.30. The molecule has 0 unspecified atom stereocenters. The van der Waals surface area contributed by atoms with Gasteiger partial charge in [-0.1, -0.05) is 0 Å². The summed E-state index contributed by atoms with van der Waals surface area (Å²) in [6.07, 6.45) is 5.33. The summed E-state index contributed by atoms with van der Waals surface area (Å²) in [7, 11) is 0. The number of aromatic nitrogens is 2. The lowest BCUT2D eigenvalue weighted by Crippen LogP contribution is -1.74. The number of nitrogens with zero attached hydrogens (tertiary/aromatic N) is 2. The monoisotopic (exact) mass is 210 g/mol. The Balaban J connectivity index is 2.36. The van der Waals surface area contributed by atoms with Gasteiger partial charge < -0.3 is 0 Å². The molecule has 0 saturated heterocycles. The van der Waals surface area contributed by atoms with Crippen LogP contribution in [0.25, 0.3) is 10.6 Å². The first kappa shape index (κ1) is 8.66. The smallest absolute Gasteiger partial charge is 0.123 e. The minimum atomic E-state index is 0.531. The molecule has 0 aliphatic carbocycles. The number of pyridine rings is 1. The van der Waals surface area contributed by atoms with Crippen LogP contribution in [-0.4, -0.2) is 9.97 Å². The van der Waals surface area contributed by atoms with Gasteiger partial charge in [-0.05, 0) is 12.1 Å². The number of rotatable bonds is 2. The lowest BCUT2D eigenvalue weighted by Gasteiger charge is -1.91. The normalized spacial score (nSPS) is 10.2. The second-order valence-electron chi connectivity index (χ2n) is 2.50. The first-order valence-corrected chi connectivity index (χ1v) is 5.16. The molecule has 0 atom stereocenters. The van der Waals surface area contributed by atoms with Crippen LogP contribution in [0, 0.1) is 0 Å². The average Bonchev–Trinajstić information content (AvgIpc) is 2.67. The van der Waals surface area contributed by atoms with Crippen molar-refractivity contribution in [2.45, 2.75) is 5.88 Å². The average molecular weight is 211 g/mol. The molecule has 2 rings (SSSR count). The minimum Gasteiger partial charge on any atom is -0.265 e. The summed E-state index contributed by atoms with van der Waals surface area (Å²) in [5, 5.41) is 0.998. The molecule has 0 aliphatic rings. The van der Waals surface area contributed by atoms with E-state index in [1.165, 1.54) is 0 Å². The maximum Gasteiger partial charge on any atom is 0.123 e.